The van der Waals surface area contributed by atoms with Crippen molar-refractivity contribution in [1.29, 1.82) is 0 Å². The highest BCUT2D eigenvalue weighted by Crippen LogP contribution is 2.36. The number of halogens is 2. The van der Waals surface area contributed by atoms with Crippen molar-refractivity contribution in [2.45, 2.75) is 13.1 Å². The van der Waals surface area contributed by atoms with Crippen LogP contribution in [0.25, 0.3) is 0 Å². The third kappa shape index (κ3) is 3.13. The van der Waals surface area contributed by atoms with E-state index in [9.17, 15) is 0 Å². The Hall–Kier alpha value is -2.01. The van der Waals surface area contributed by atoms with Crippen molar-refractivity contribution in [3.05, 3.63) is 69.8 Å². The molecule has 0 saturated heterocycles. The Morgan fingerprint density at radius 3 is 2.79 bits per heavy atom. The first-order chi connectivity index (χ1) is 11.5. The molecule has 6 heteroatoms. The number of nitrogens with one attached hydrogen (secondary N) is 1. The normalized spacial score (nSPS) is 16.8. The van der Waals surface area contributed by atoms with Gasteiger partial charge in [0.15, 0.2) is 0 Å². The molecule has 0 aliphatic carbocycles. The molecule has 1 atom stereocenters. The summed E-state index contributed by atoms with van der Waals surface area (Å²) in [6, 6.07) is 11.2. The molecule has 0 bridgehead atoms. The second kappa shape index (κ2) is 6.85. The van der Waals surface area contributed by atoms with E-state index < -0.39 is 6.17 Å². The largest absolute Gasteiger partial charge is 0.493 e. The molecular formula is C18H17Cl2N3O. The van der Waals surface area contributed by atoms with E-state index in [-0.39, 0.29) is 0 Å². The molecule has 0 saturated carbocycles. The van der Waals surface area contributed by atoms with E-state index in [1.165, 1.54) is 0 Å². The summed E-state index contributed by atoms with van der Waals surface area (Å²) in [5.74, 6) is 0.572. The topological polar surface area (TPSA) is 59.6 Å². The van der Waals surface area contributed by atoms with Crippen LogP contribution in [-0.4, -0.2) is 18.5 Å². The van der Waals surface area contributed by atoms with Crippen LogP contribution in [0.5, 0.6) is 5.75 Å². The lowest BCUT2D eigenvalue weighted by molar-refractivity contribution is 0.339. The number of nitrogens with zero attached hydrogens (tertiary/aromatic N) is 1. The first-order valence-electron chi connectivity index (χ1n) is 7.52. The van der Waals surface area contributed by atoms with Gasteiger partial charge in [-0.25, -0.2) is 0 Å². The van der Waals surface area contributed by atoms with Gasteiger partial charge < -0.3 is 15.8 Å². The second-order valence-electron chi connectivity index (χ2n) is 5.31. The molecular weight excluding hydrogens is 345 g/mol. The van der Waals surface area contributed by atoms with Crippen LogP contribution in [0.4, 0.5) is 5.69 Å². The third-order valence-corrected chi connectivity index (χ3v) is 4.17. The molecule has 0 spiro atoms. The Morgan fingerprint density at radius 1 is 1.29 bits per heavy atom. The first-order valence-corrected chi connectivity index (χ1v) is 8.27. The Labute approximate surface area is 150 Å². The summed E-state index contributed by atoms with van der Waals surface area (Å²) in [5, 5.41) is 4.17. The predicted molar refractivity (Wildman–Crippen MR) is 100 cm³/mol. The first kappa shape index (κ1) is 16.8. The molecule has 3 N–H and O–H groups in total. The van der Waals surface area contributed by atoms with Crippen LogP contribution in [0, 0.1) is 0 Å². The number of benzene rings is 2. The highest BCUT2D eigenvalue weighted by atomic mass is 35.5. The molecule has 0 fully saturated rings. The highest BCUT2D eigenvalue weighted by molar-refractivity contribution is 6.39. The van der Waals surface area contributed by atoms with Crippen molar-refractivity contribution in [3.63, 3.8) is 0 Å². The van der Waals surface area contributed by atoms with Crippen molar-refractivity contribution < 1.29 is 4.74 Å². The summed E-state index contributed by atoms with van der Waals surface area (Å²) in [5.41, 5.74) is 9.79. The maximum atomic E-state index is 6.48. The highest BCUT2D eigenvalue weighted by Gasteiger charge is 2.24. The van der Waals surface area contributed by atoms with Crippen molar-refractivity contribution in [2.24, 2.45) is 10.7 Å². The predicted octanol–water partition coefficient (Wildman–Crippen LogP) is 4.45. The maximum Gasteiger partial charge on any atom is 0.138 e. The smallest absolute Gasteiger partial charge is 0.138 e. The van der Waals surface area contributed by atoms with E-state index in [2.05, 4.69) is 16.9 Å². The number of nitrogens with two attached hydrogens (primary N) is 1. The summed E-state index contributed by atoms with van der Waals surface area (Å²) < 4.78 is 5.74. The number of hydrogen-bond donors (Lipinski definition) is 2. The van der Waals surface area contributed by atoms with Crippen LogP contribution in [0.15, 0.2) is 53.7 Å². The summed E-state index contributed by atoms with van der Waals surface area (Å²) in [4.78, 5) is 4.63. The van der Waals surface area contributed by atoms with Crippen molar-refractivity contribution in [2.75, 3.05) is 11.9 Å². The zero-order valence-electron chi connectivity index (χ0n) is 13.1. The molecule has 3 rings (SSSR count). The van der Waals surface area contributed by atoms with E-state index in [1.807, 2.05) is 31.2 Å². The number of anilines is 1. The van der Waals surface area contributed by atoms with Crippen molar-refractivity contribution in [3.8, 4) is 5.75 Å². The fourth-order valence-electron chi connectivity index (χ4n) is 2.58. The average Bonchev–Trinajstić information content (AvgIpc) is 2.65. The molecule has 2 aromatic rings. The average molecular weight is 362 g/mol. The Bertz CT molecular complexity index is 833. The molecule has 124 valence electrons. The standard InChI is InChI=1S/C18H17Cl2N3O/c1-3-24-15-9-11(19)8-13(20)16(15)17-12-6-4-5-7-14(12)22-10(2)18(21)23-17/h4-9,18,22H,2-3,21H2,1H3/t18-/m0/s1. The van der Waals surface area contributed by atoms with Gasteiger partial charge in [-0.1, -0.05) is 48.0 Å². The molecule has 4 nitrogen and oxygen atoms in total. The summed E-state index contributed by atoms with van der Waals surface area (Å²) >= 11 is 12.6. The molecule has 0 amide bonds. The maximum absolute atomic E-state index is 6.48. The number of rotatable bonds is 3. The van der Waals surface area contributed by atoms with Crippen LogP contribution in [-0.2, 0) is 0 Å². The van der Waals surface area contributed by atoms with Gasteiger partial charge in [-0.15, -0.1) is 0 Å². The molecule has 0 unspecified atom stereocenters. The van der Waals surface area contributed by atoms with Gasteiger partial charge in [-0.05, 0) is 25.1 Å². The molecule has 1 aliphatic rings. The summed E-state index contributed by atoms with van der Waals surface area (Å²) in [6.45, 7) is 6.33. The second-order valence-corrected chi connectivity index (χ2v) is 6.16. The van der Waals surface area contributed by atoms with Gasteiger partial charge in [-0.3, -0.25) is 4.99 Å². The van der Waals surface area contributed by atoms with Gasteiger partial charge in [0, 0.05) is 22.0 Å². The van der Waals surface area contributed by atoms with E-state index in [0.717, 1.165) is 11.3 Å². The summed E-state index contributed by atoms with van der Waals surface area (Å²) in [7, 11) is 0. The van der Waals surface area contributed by atoms with Gasteiger partial charge in [-0.2, -0.15) is 0 Å². The number of ether oxygens (including phenoxy) is 1. The number of aliphatic imine (C=N–C) groups is 1. The molecule has 1 aliphatic heterocycles. The van der Waals surface area contributed by atoms with Crippen LogP contribution in [0.2, 0.25) is 10.0 Å². The van der Waals surface area contributed by atoms with Crippen LogP contribution in [0.1, 0.15) is 18.1 Å². The van der Waals surface area contributed by atoms with Crippen molar-refractivity contribution >= 4 is 34.6 Å². The summed E-state index contributed by atoms with van der Waals surface area (Å²) in [6.07, 6.45) is -0.603. The van der Waals surface area contributed by atoms with Crippen LogP contribution >= 0.6 is 23.2 Å². The molecule has 24 heavy (non-hydrogen) atoms. The van der Waals surface area contributed by atoms with Crippen LogP contribution < -0.4 is 15.8 Å². The lowest BCUT2D eigenvalue weighted by atomic mass is 9.99. The lowest BCUT2D eigenvalue weighted by Gasteiger charge is -2.16. The van der Waals surface area contributed by atoms with Gasteiger partial charge in [0.1, 0.15) is 11.9 Å². The monoisotopic (exact) mass is 361 g/mol. The Morgan fingerprint density at radius 2 is 2.04 bits per heavy atom. The number of para-hydroxylation sites is 1. The lowest BCUT2D eigenvalue weighted by Crippen LogP contribution is -2.23. The van der Waals surface area contributed by atoms with E-state index in [1.54, 1.807) is 12.1 Å². The van der Waals surface area contributed by atoms with Gasteiger partial charge in [0.2, 0.25) is 0 Å². The Kier molecular flexibility index (Phi) is 4.81. The van der Waals surface area contributed by atoms with Gasteiger partial charge >= 0.3 is 0 Å². The SMILES string of the molecule is C=C1Nc2ccccc2C(c2c(Cl)cc(Cl)cc2OCC)=N[C@@H]1N. The van der Waals surface area contributed by atoms with E-state index >= 15 is 0 Å². The number of fused-ring (bicyclic) bond motifs is 1. The van der Waals surface area contributed by atoms with Gasteiger partial charge in [0.05, 0.1) is 22.9 Å². The third-order valence-electron chi connectivity index (χ3n) is 3.66. The Balaban J connectivity index is 2.28. The fourth-order valence-corrected chi connectivity index (χ4v) is 3.14. The fraction of sp³-hybridized carbons (Fsp3) is 0.167. The molecule has 0 aromatic heterocycles. The minimum absolute atomic E-state index is 0.458. The van der Waals surface area contributed by atoms with Crippen molar-refractivity contribution in [1.82, 2.24) is 0 Å². The van der Waals surface area contributed by atoms with E-state index in [4.69, 9.17) is 33.7 Å². The van der Waals surface area contributed by atoms with Gasteiger partial charge in [0.25, 0.3) is 0 Å². The zero-order valence-corrected chi connectivity index (χ0v) is 14.7. The van der Waals surface area contributed by atoms with Crippen LogP contribution in [0.3, 0.4) is 0 Å². The number of benzodiazepines with no additional fused rings is 1. The minimum atomic E-state index is -0.603. The molecule has 1 heterocycles. The molecule has 2 aromatic carbocycles. The van der Waals surface area contributed by atoms with E-state index in [0.29, 0.717) is 39.4 Å². The zero-order chi connectivity index (χ0) is 17.3. The molecule has 0 radical (unpaired) electrons. The number of hydrogen-bond acceptors (Lipinski definition) is 4. The quantitative estimate of drug-likeness (QED) is 0.848. The minimum Gasteiger partial charge on any atom is -0.493 e.